The molecule has 0 saturated carbocycles. The maximum Gasteiger partial charge on any atom is 0.156 e. The number of anilines is 1. The Morgan fingerprint density at radius 3 is 3.12 bits per heavy atom. The van der Waals surface area contributed by atoms with Gasteiger partial charge in [-0.2, -0.15) is 0 Å². The Labute approximate surface area is 102 Å². The van der Waals surface area contributed by atoms with Crippen LogP contribution < -0.4 is 5.32 Å². The Morgan fingerprint density at radius 1 is 1.53 bits per heavy atom. The molecule has 0 aromatic carbocycles. The lowest BCUT2D eigenvalue weighted by molar-refractivity contribution is 0.00863. The summed E-state index contributed by atoms with van der Waals surface area (Å²) in [6.07, 6.45) is 2.48. The molecule has 0 bridgehead atoms. The molecule has 2 rings (SSSR count). The van der Waals surface area contributed by atoms with Crippen LogP contribution in [0.1, 0.15) is 24.4 Å². The maximum atomic E-state index is 5.58. The second-order valence-electron chi connectivity index (χ2n) is 4.21. The van der Waals surface area contributed by atoms with Crippen LogP contribution in [0.15, 0.2) is 6.07 Å². The standard InChI is InChI=1S/C12H19N3O2/c1-9-6-11(13-2)15-12(14-9)8-16-7-10-4-3-5-17-10/h6,10H,3-5,7-8H2,1-2H3,(H,13,14,15). The van der Waals surface area contributed by atoms with E-state index in [9.17, 15) is 0 Å². The fraction of sp³-hybridized carbons (Fsp3) is 0.667. The molecule has 94 valence electrons. The predicted molar refractivity (Wildman–Crippen MR) is 64.9 cm³/mol. The molecular formula is C12H19N3O2. The van der Waals surface area contributed by atoms with Crippen LogP contribution in [0.5, 0.6) is 0 Å². The Morgan fingerprint density at radius 2 is 2.41 bits per heavy atom. The quantitative estimate of drug-likeness (QED) is 0.841. The number of nitrogens with one attached hydrogen (secondary N) is 1. The first-order valence-corrected chi connectivity index (χ1v) is 5.99. The zero-order chi connectivity index (χ0) is 12.1. The summed E-state index contributed by atoms with van der Waals surface area (Å²) in [6.45, 7) is 3.88. The average molecular weight is 237 g/mol. The number of nitrogens with zero attached hydrogens (tertiary/aromatic N) is 2. The van der Waals surface area contributed by atoms with Crippen LogP contribution in [-0.2, 0) is 16.1 Å². The molecule has 1 atom stereocenters. The highest BCUT2D eigenvalue weighted by Gasteiger charge is 2.15. The molecule has 0 spiro atoms. The van der Waals surface area contributed by atoms with Crippen LogP contribution in [0.2, 0.25) is 0 Å². The largest absolute Gasteiger partial charge is 0.376 e. The molecule has 0 amide bonds. The Bertz CT molecular complexity index is 365. The predicted octanol–water partition coefficient (Wildman–Crippen LogP) is 1.52. The molecule has 1 fully saturated rings. The van der Waals surface area contributed by atoms with Crippen molar-refractivity contribution >= 4 is 5.82 Å². The molecule has 1 aromatic rings. The van der Waals surface area contributed by atoms with Crippen molar-refractivity contribution < 1.29 is 9.47 Å². The van der Waals surface area contributed by atoms with E-state index in [1.54, 1.807) is 0 Å². The van der Waals surface area contributed by atoms with E-state index in [0.29, 0.717) is 19.0 Å². The summed E-state index contributed by atoms with van der Waals surface area (Å²) in [6, 6.07) is 1.91. The third-order valence-corrected chi connectivity index (χ3v) is 2.72. The van der Waals surface area contributed by atoms with E-state index >= 15 is 0 Å². The molecule has 17 heavy (non-hydrogen) atoms. The van der Waals surface area contributed by atoms with Crippen molar-refractivity contribution in [3.8, 4) is 0 Å². The third-order valence-electron chi connectivity index (χ3n) is 2.72. The molecule has 0 radical (unpaired) electrons. The first-order chi connectivity index (χ1) is 8.28. The van der Waals surface area contributed by atoms with Crippen molar-refractivity contribution in [1.29, 1.82) is 0 Å². The number of rotatable bonds is 5. The van der Waals surface area contributed by atoms with Gasteiger partial charge in [-0.1, -0.05) is 0 Å². The van der Waals surface area contributed by atoms with Gasteiger partial charge in [-0.3, -0.25) is 0 Å². The number of hydrogen-bond donors (Lipinski definition) is 1. The van der Waals surface area contributed by atoms with E-state index in [1.165, 1.54) is 0 Å². The lowest BCUT2D eigenvalue weighted by Gasteiger charge is -2.10. The fourth-order valence-electron chi connectivity index (χ4n) is 1.88. The highest BCUT2D eigenvalue weighted by molar-refractivity contribution is 5.34. The smallest absolute Gasteiger partial charge is 0.156 e. The minimum Gasteiger partial charge on any atom is -0.376 e. The van der Waals surface area contributed by atoms with E-state index < -0.39 is 0 Å². The van der Waals surface area contributed by atoms with E-state index in [0.717, 1.165) is 31.0 Å². The van der Waals surface area contributed by atoms with Crippen molar-refractivity contribution in [3.63, 3.8) is 0 Å². The molecule has 5 nitrogen and oxygen atoms in total. The normalized spacial score (nSPS) is 19.5. The molecule has 2 heterocycles. The van der Waals surface area contributed by atoms with Crippen molar-refractivity contribution in [2.45, 2.75) is 32.5 Å². The van der Waals surface area contributed by atoms with Gasteiger partial charge in [0.2, 0.25) is 0 Å². The summed E-state index contributed by atoms with van der Waals surface area (Å²) in [7, 11) is 1.85. The van der Waals surface area contributed by atoms with Gasteiger partial charge in [-0.05, 0) is 19.8 Å². The molecule has 0 aliphatic carbocycles. The molecule has 1 aliphatic rings. The topological polar surface area (TPSA) is 56.3 Å². The molecule has 1 unspecified atom stereocenters. The number of aryl methyl sites for hydroxylation is 1. The first-order valence-electron chi connectivity index (χ1n) is 5.99. The summed E-state index contributed by atoms with van der Waals surface area (Å²) in [5.74, 6) is 1.54. The number of ether oxygens (including phenoxy) is 2. The van der Waals surface area contributed by atoms with Crippen LogP contribution in [0.3, 0.4) is 0 Å². The fourth-order valence-corrected chi connectivity index (χ4v) is 1.88. The van der Waals surface area contributed by atoms with Gasteiger partial charge in [-0.25, -0.2) is 9.97 Å². The molecule has 1 saturated heterocycles. The van der Waals surface area contributed by atoms with Crippen LogP contribution in [-0.4, -0.2) is 36.3 Å². The van der Waals surface area contributed by atoms with Gasteiger partial charge in [-0.15, -0.1) is 0 Å². The van der Waals surface area contributed by atoms with E-state index in [2.05, 4.69) is 15.3 Å². The van der Waals surface area contributed by atoms with Gasteiger partial charge in [0.05, 0.1) is 12.7 Å². The van der Waals surface area contributed by atoms with Gasteiger partial charge >= 0.3 is 0 Å². The van der Waals surface area contributed by atoms with Crippen molar-refractivity contribution in [3.05, 3.63) is 17.6 Å². The highest BCUT2D eigenvalue weighted by Crippen LogP contribution is 2.13. The molecule has 1 N–H and O–H groups in total. The maximum absolute atomic E-state index is 5.58. The average Bonchev–Trinajstić information content (AvgIpc) is 2.81. The second kappa shape index (κ2) is 5.93. The van der Waals surface area contributed by atoms with E-state index in [-0.39, 0.29) is 6.10 Å². The summed E-state index contributed by atoms with van der Waals surface area (Å²) in [5.41, 5.74) is 0.945. The van der Waals surface area contributed by atoms with E-state index in [1.807, 2.05) is 20.0 Å². The van der Waals surface area contributed by atoms with Gasteiger partial charge in [0, 0.05) is 25.4 Å². The Hall–Kier alpha value is -1.20. The van der Waals surface area contributed by atoms with Gasteiger partial charge < -0.3 is 14.8 Å². The minimum absolute atomic E-state index is 0.253. The van der Waals surface area contributed by atoms with Crippen LogP contribution >= 0.6 is 0 Å². The summed E-state index contributed by atoms with van der Waals surface area (Å²) < 4.78 is 11.1. The number of aromatic nitrogens is 2. The zero-order valence-corrected chi connectivity index (χ0v) is 10.4. The summed E-state index contributed by atoms with van der Waals surface area (Å²) in [4.78, 5) is 8.66. The first kappa shape index (κ1) is 12.3. The third kappa shape index (κ3) is 3.64. The molecular weight excluding hydrogens is 218 g/mol. The van der Waals surface area contributed by atoms with Gasteiger partial charge in [0.1, 0.15) is 12.4 Å². The monoisotopic (exact) mass is 237 g/mol. The van der Waals surface area contributed by atoms with Crippen molar-refractivity contribution in [2.75, 3.05) is 25.6 Å². The Kier molecular flexibility index (Phi) is 4.28. The number of hydrogen-bond acceptors (Lipinski definition) is 5. The van der Waals surface area contributed by atoms with Crippen molar-refractivity contribution in [2.24, 2.45) is 0 Å². The molecule has 1 aliphatic heterocycles. The lowest BCUT2D eigenvalue weighted by Crippen LogP contribution is -2.14. The summed E-state index contributed by atoms with van der Waals surface area (Å²) in [5, 5.41) is 3.01. The van der Waals surface area contributed by atoms with Crippen LogP contribution in [0.25, 0.3) is 0 Å². The van der Waals surface area contributed by atoms with Crippen LogP contribution in [0.4, 0.5) is 5.82 Å². The second-order valence-corrected chi connectivity index (χ2v) is 4.21. The van der Waals surface area contributed by atoms with Crippen molar-refractivity contribution in [1.82, 2.24) is 9.97 Å². The highest BCUT2D eigenvalue weighted by atomic mass is 16.5. The van der Waals surface area contributed by atoms with E-state index in [4.69, 9.17) is 9.47 Å². The van der Waals surface area contributed by atoms with Crippen LogP contribution in [0, 0.1) is 6.92 Å². The molecule has 5 heteroatoms. The SMILES string of the molecule is CNc1cc(C)nc(COCC2CCCO2)n1. The van der Waals surface area contributed by atoms with Gasteiger partial charge in [0.15, 0.2) is 5.82 Å². The minimum atomic E-state index is 0.253. The molecule has 1 aromatic heterocycles. The summed E-state index contributed by atoms with van der Waals surface area (Å²) >= 11 is 0. The van der Waals surface area contributed by atoms with Gasteiger partial charge in [0.25, 0.3) is 0 Å². The Balaban J connectivity index is 1.83. The zero-order valence-electron chi connectivity index (χ0n) is 10.4. The lowest BCUT2D eigenvalue weighted by atomic mass is 10.2.